The molecule has 0 unspecified atom stereocenters. The molecule has 0 aromatic heterocycles. The summed E-state index contributed by atoms with van der Waals surface area (Å²) in [6, 6.07) is 13.4. The van der Waals surface area contributed by atoms with Gasteiger partial charge in [0.25, 0.3) is 0 Å². The van der Waals surface area contributed by atoms with Gasteiger partial charge in [-0.2, -0.15) is 0 Å². The van der Waals surface area contributed by atoms with Crippen molar-refractivity contribution >= 4 is 17.6 Å². The van der Waals surface area contributed by atoms with Crippen LogP contribution < -0.4 is 5.32 Å². The second-order valence-electron chi connectivity index (χ2n) is 5.53. The number of methoxy groups -OCH3 is 1. The standard InChI is InChI=1S/C19H21NO3/c1-13-6-4-8-15(12-13)10-11-17(21)20-18-14(2)7-5-9-16(18)19(22)23-3/h4-9,12H,10-11H2,1-3H3,(H,20,21). The van der Waals surface area contributed by atoms with E-state index in [0.717, 1.165) is 11.1 Å². The molecule has 0 atom stereocenters. The average molecular weight is 311 g/mol. The molecule has 1 N–H and O–H groups in total. The van der Waals surface area contributed by atoms with Crippen LogP contribution in [0.25, 0.3) is 0 Å². The molecular weight excluding hydrogens is 290 g/mol. The van der Waals surface area contributed by atoms with Crippen LogP contribution in [0.15, 0.2) is 42.5 Å². The van der Waals surface area contributed by atoms with Crippen molar-refractivity contribution in [2.45, 2.75) is 26.7 Å². The lowest BCUT2D eigenvalue weighted by Gasteiger charge is -2.12. The molecule has 4 nitrogen and oxygen atoms in total. The summed E-state index contributed by atoms with van der Waals surface area (Å²) in [5, 5.41) is 2.84. The Balaban J connectivity index is 2.07. The first-order chi connectivity index (χ1) is 11.0. The Kier molecular flexibility index (Phi) is 5.52. The van der Waals surface area contributed by atoms with Gasteiger partial charge in [-0.15, -0.1) is 0 Å². The van der Waals surface area contributed by atoms with Crippen molar-refractivity contribution in [3.63, 3.8) is 0 Å². The first-order valence-electron chi connectivity index (χ1n) is 7.54. The maximum atomic E-state index is 12.2. The van der Waals surface area contributed by atoms with E-state index < -0.39 is 5.97 Å². The first kappa shape index (κ1) is 16.7. The third kappa shape index (κ3) is 4.42. The molecule has 120 valence electrons. The molecule has 1 amide bonds. The number of carbonyl (C=O) groups excluding carboxylic acids is 2. The van der Waals surface area contributed by atoms with Crippen molar-refractivity contribution in [3.8, 4) is 0 Å². The summed E-state index contributed by atoms with van der Waals surface area (Å²) in [6.45, 7) is 3.88. The fourth-order valence-electron chi connectivity index (χ4n) is 2.44. The second kappa shape index (κ2) is 7.58. The number of rotatable bonds is 5. The van der Waals surface area contributed by atoms with Crippen molar-refractivity contribution in [2.24, 2.45) is 0 Å². The maximum Gasteiger partial charge on any atom is 0.339 e. The number of hydrogen-bond acceptors (Lipinski definition) is 3. The van der Waals surface area contributed by atoms with Gasteiger partial charge in [0.05, 0.1) is 18.4 Å². The van der Waals surface area contributed by atoms with E-state index in [1.54, 1.807) is 12.1 Å². The summed E-state index contributed by atoms with van der Waals surface area (Å²) in [6.07, 6.45) is 1.02. The van der Waals surface area contributed by atoms with Crippen molar-refractivity contribution in [2.75, 3.05) is 12.4 Å². The van der Waals surface area contributed by atoms with Gasteiger partial charge in [-0.25, -0.2) is 4.79 Å². The lowest BCUT2D eigenvalue weighted by molar-refractivity contribution is -0.116. The number of anilines is 1. The summed E-state index contributed by atoms with van der Waals surface area (Å²) < 4.78 is 4.77. The fraction of sp³-hybridized carbons (Fsp3) is 0.263. The summed E-state index contributed by atoms with van der Waals surface area (Å²) in [4.78, 5) is 24.0. The molecule has 0 aliphatic carbocycles. The van der Waals surface area contributed by atoms with Crippen LogP contribution in [0.5, 0.6) is 0 Å². The largest absolute Gasteiger partial charge is 0.465 e. The van der Waals surface area contributed by atoms with E-state index in [1.807, 2.05) is 38.1 Å². The van der Waals surface area contributed by atoms with E-state index in [-0.39, 0.29) is 5.91 Å². The van der Waals surface area contributed by atoms with Crippen LogP contribution in [0.4, 0.5) is 5.69 Å². The highest BCUT2D eigenvalue weighted by molar-refractivity contribution is 6.02. The molecule has 0 aliphatic rings. The minimum absolute atomic E-state index is 0.119. The number of hydrogen-bond donors (Lipinski definition) is 1. The predicted octanol–water partition coefficient (Wildman–Crippen LogP) is 3.66. The van der Waals surface area contributed by atoms with Crippen molar-refractivity contribution in [1.29, 1.82) is 0 Å². The van der Waals surface area contributed by atoms with Gasteiger partial charge in [-0.3, -0.25) is 4.79 Å². The number of ether oxygens (including phenoxy) is 1. The van der Waals surface area contributed by atoms with Crippen molar-refractivity contribution in [1.82, 2.24) is 0 Å². The Labute approximate surface area is 136 Å². The molecule has 0 bridgehead atoms. The molecule has 0 aliphatic heterocycles. The van der Waals surface area contributed by atoms with Crippen molar-refractivity contribution in [3.05, 3.63) is 64.7 Å². The molecule has 0 spiro atoms. The molecule has 23 heavy (non-hydrogen) atoms. The number of carbonyl (C=O) groups is 2. The van der Waals surface area contributed by atoms with Crippen LogP contribution in [0.3, 0.4) is 0 Å². The topological polar surface area (TPSA) is 55.4 Å². The predicted molar refractivity (Wildman–Crippen MR) is 90.6 cm³/mol. The van der Waals surface area contributed by atoms with Gasteiger partial charge in [0.1, 0.15) is 0 Å². The molecule has 0 heterocycles. The van der Waals surface area contributed by atoms with Crippen LogP contribution in [-0.2, 0) is 16.0 Å². The summed E-state index contributed by atoms with van der Waals surface area (Å²) >= 11 is 0. The maximum absolute atomic E-state index is 12.2. The van der Waals surface area contributed by atoms with E-state index in [9.17, 15) is 9.59 Å². The van der Waals surface area contributed by atoms with E-state index in [0.29, 0.717) is 24.1 Å². The minimum atomic E-state index is -0.456. The van der Waals surface area contributed by atoms with Crippen LogP contribution in [-0.4, -0.2) is 19.0 Å². The van der Waals surface area contributed by atoms with Gasteiger partial charge in [-0.1, -0.05) is 42.0 Å². The average Bonchev–Trinajstić information content (AvgIpc) is 2.54. The fourth-order valence-corrected chi connectivity index (χ4v) is 2.44. The van der Waals surface area contributed by atoms with Crippen LogP contribution in [0.2, 0.25) is 0 Å². The van der Waals surface area contributed by atoms with Gasteiger partial charge < -0.3 is 10.1 Å². The van der Waals surface area contributed by atoms with Crippen LogP contribution >= 0.6 is 0 Å². The molecule has 0 saturated heterocycles. The van der Waals surface area contributed by atoms with Gasteiger partial charge in [-0.05, 0) is 37.5 Å². The second-order valence-corrected chi connectivity index (χ2v) is 5.53. The highest BCUT2D eigenvalue weighted by Gasteiger charge is 2.15. The smallest absolute Gasteiger partial charge is 0.339 e. The lowest BCUT2D eigenvalue weighted by Crippen LogP contribution is -2.16. The van der Waals surface area contributed by atoms with Gasteiger partial charge in [0, 0.05) is 6.42 Å². The monoisotopic (exact) mass is 311 g/mol. The number of para-hydroxylation sites is 1. The Bertz CT molecular complexity index is 722. The molecule has 0 fully saturated rings. The summed E-state index contributed by atoms with van der Waals surface area (Å²) in [7, 11) is 1.33. The van der Waals surface area contributed by atoms with E-state index in [1.165, 1.54) is 12.7 Å². The Morgan fingerprint density at radius 3 is 2.52 bits per heavy atom. The number of nitrogens with one attached hydrogen (secondary N) is 1. The Morgan fingerprint density at radius 2 is 1.83 bits per heavy atom. The molecule has 0 radical (unpaired) electrons. The van der Waals surface area contributed by atoms with Gasteiger partial charge in [0.2, 0.25) is 5.91 Å². The van der Waals surface area contributed by atoms with E-state index in [4.69, 9.17) is 4.74 Å². The quantitative estimate of drug-likeness (QED) is 0.857. The molecule has 4 heteroatoms. The number of amides is 1. The van der Waals surface area contributed by atoms with E-state index in [2.05, 4.69) is 11.4 Å². The van der Waals surface area contributed by atoms with Gasteiger partial charge in [0.15, 0.2) is 0 Å². The summed E-state index contributed by atoms with van der Waals surface area (Å²) in [5.74, 6) is -0.575. The third-order valence-electron chi connectivity index (χ3n) is 3.67. The number of esters is 1. The van der Waals surface area contributed by atoms with Gasteiger partial charge >= 0.3 is 5.97 Å². The highest BCUT2D eigenvalue weighted by atomic mass is 16.5. The third-order valence-corrected chi connectivity index (χ3v) is 3.67. The Morgan fingerprint density at radius 1 is 1.09 bits per heavy atom. The number of benzene rings is 2. The number of aryl methyl sites for hydroxylation is 3. The zero-order chi connectivity index (χ0) is 16.8. The molecule has 2 aromatic carbocycles. The normalized spacial score (nSPS) is 10.2. The molecular formula is C19H21NO3. The molecule has 0 saturated carbocycles. The van der Waals surface area contributed by atoms with E-state index >= 15 is 0 Å². The van der Waals surface area contributed by atoms with Crippen LogP contribution in [0, 0.1) is 13.8 Å². The highest BCUT2D eigenvalue weighted by Crippen LogP contribution is 2.22. The van der Waals surface area contributed by atoms with Crippen LogP contribution in [0.1, 0.15) is 33.5 Å². The molecule has 2 rings (SSSR count). The summed E-state index contributed by atoms with van der Waals surface area (Å²) in [5.41, 5.74) is 4.02. The zero-order valence-electron chi connectivity index (χ0n) is 13.7. The zero-order valence-corrected chi connectivity index (χ0v) is 13.7. The SMILES string of the molecule is COC(=O)c1cccc(C)c1NC(=O)CCc1cccc(C)c1. The first-order valence-corrected chi connectivity index (χ1v) is 7.54. The Hall–Kier alpha value is -2.62. The minimum Gasteiger partial charge on any atom is -0.465 e. The van der Waals surface area contributed by atoms with Crippen molar-refractivity contribution < 1.29 is 14.3 Å². The lowest BCUT2D eigenvalue weighted by atomic mass is 10.1. The molecule has 2 aromatic rings.